The number of benzene rings is 3. The first-order valence-corrected chi connectivity index (χ1v) is 11.1. The van der Waals surface area contributed by atoms with E-state index in [-0.39, 0.29) is 4.90 Å². The molecule has 0 amide bonds. The van der Waals surface area contributed by atoms with Crippen LogP contribution in [0.3, 0.4) is 0 Å². The standard InChI is InChI=1S/C21H15ClN2O2S2/c22-16-8-12-18(13-9-16)28(25,26)24-17-10-5-15(6-11-17)7-14-21-23-19-3-1-2-4-20(19)27-21/h1-14,24H/b14-7+. The van der Waals surface area contributed by atoms with Crippen LogP contribution in [0.2, 0.25) is 5.02 Å². The van der Waals surface area contributed by atoms with Crippen LogP contribution in [0.5, 0.6) is 0 Å². The quantitative estimate of drug-likeness (QED) is 0.430. The molecule has 0 saturated carbocycles. The van der Waals surface area contributed by atoms with Gasteiger partial charge in [0.25, 0.3) is 10.0 Å². The Kier molecular flexibility index (Phi) is 5.17. The van der Waals surface area contributed by atoms with E-state index in [1.165, 1.54) is 12.1 Å². The Morgan fingerprint density at radius 1 is 0.893 bits per heavy atom. The van der Waals surface area contributed by atoms with Gasteiger partial charge in [0.1, 0.15) is 5.01 Å². The third-order valence-electron chi connectivity index (χ3n) is 4.02. The number of rotatable bonds is 5. The van der Waals surface area contributed by atoms with Gasteiger partial charge in [-0.25, -0.2) is 13.4 Å². The number of hydrogen-bond donors (Lipinski definition) is 1. The fourth-order valence-corrected chi connectivity index (χ4v) is 4.67. The number of anilines is 1. The van der Waals surface area contributed by atoms with Crippen LogP contribution in [0.1, 0.15) is 10.6 Å². The van der Waals surface area contributed by atoms with Gasteiger partial charge in [-0.1, -0.05) is 41.9 Å². The number of aromatic nitrogens is 1. The molecular formula is C21H15ClN2O2S2. The lowest BCUT2D eigenvalue weighted by molar-refractivity contribution is 0.601. The molecule has 1 aromatic heterocycles. The summed E-state index contributed by atoms with van der Waals surface area (Å²) in [6.45, 7) is 0. The second-order valence-corrected chi connectivity index (χ2v) is 9.22. The summed E-state index contributed by atoms with van der Waals surface area (Å²) in [5.41, 5.74) is 2.43. The van der Waals surface area contributed by atoms with Gasteiger partial charge < -0.3 is 0 Å². The molecule has 0 radical (unpaired) electrons. The molecule has 0 unspecified atom stereocenters. The SMILES string of the molecule is O=S(=O)(Nc1ccc(/C=C/c2nc3ccccc3s2)cc1)c1ccc(Cl)cc1. The van der Waals surface area contributed by atoms with Crippen molar-refractivity contribution in [2.24, 2.45) is 0 Å². The van der Waals surface area contributed by atoms with E-state index in [1.807, 2.05) is 48.6 Å². The topological polar surface area (TPSA) is 59.1 Å². The Hall–Kier alpha value is -2.67. The van der Waals surface area contributed by atoms with Crippen LogP contribution in [0.25, 0.3) is 22.4 Å². The van der Waals surface area contributed by atoms with Gasteiger partial charge in [0.15, 0.2) is 0 Å². The van der Waals surface area contributed by atoms with E-state index in [0.717, 1.165) is 20.8 Å². The minimum atomic E-state index is -3.65. The highest BCUT2D eigenvalue weighted by Gasteiger charge is 2.13. The van der Waals surface area contributed by atoms with Gasteiger partial charge >= 0.3 is 0 Å². The molecule has 4 rings (SSSR count). The maximum atomic E-state index is 12.4. The highest BCUT2D eigenvalue weighted by atomic mass is 35.5. The van der Waals surface area contributed by atoms with E-state index in [1.54, 1.807) is 35.6 Å². The number of nitrogens with zero attached hydrogens (tertiary/aromatic N) is 1. The molecule has 0 fully saturated rings. The van der Waals surface area contributed by atoms with E-state index in [0.29, 0.717) is 10.7 Å². The van der Waals surface area contributed by atoms with Gasteiger partial charge in [-0.2, -0.15) is 0 Å². The molecular weight excluding hydrogens is 412 g/mol. The molecule has 1 heterocycles. The summed E-state index contributed by atoms with van der Waals surface area (Å²) in [5.74, 6) is 0. The van der Waals surface area contributed by atoms with E-state index in [4.69, 9.17) is 11.6 Å². The third-order valence-corrected chi connectivity index (χ3v) is 6.67. The molecule has 0 aliphatic heterocycles. The van der Waals surface area contributed by atoms with E-state index >= 15 is 0 Å². The van der Waals surface area contributed by atoms with Crippen LogP contribution in [-0.2, 0) is 10.0 Å². The number of nitrogens with one attached hydrogen (secondary N) is 1. The lowest BCUT2D eigenvalue weighted by Crippen LogP contribution is -2.12. The molecule has 0 spiro atoms. The zero-order valence-electron chi connectivity index (χ0n) is 14.5. The van der Waals surface area contributed by atoms with Crippen LogP contribution in [0, 0.1) is 0 Å². The second-order valence-electron chi connectivity index (χ2n) is 6.03. The molecule has 0 atom stereocenters. The molecule has 1 N–H and O–H groups in total. The van der Waals surface area contributed by atoms with Gasteiger partial charge in [0.2, 0.25) is 0 Å². The number of sulfonamides is 1. The Bertz CT molecular complexity index is 1210. The van der Waals surface area contributed by atoms with Crippen molar-refractivity contribution in [2.75, 3.05) is 4.72 Å². The molecule has 0 aliphatic rings. The van der Waals surface area contributed by atoms with Crippen molar-refractivity contribution in [1.82, 2.24) is 4.98 Å². The first-order valence-electron chi connectivity index (χ1n) is 8.42. The van der Waals surface area contributed by atoms with Gasteiger partial charge in [0.05, 0.1) is 15.1 Å². The minimum absolute atomic E-state index is 0.164. The van der Waals surface area contributed by atoms with Crippen molar-refractivity contribution in [3.8, 4) is 0 Å². The largest absolute Gasteiger partial charge is 0.280 e. The molecule has 140 valence electrons. The van der Waals surface area contributed by atoms with Gasteiger partial charge in [-0.15, -0.1) is 11.3 Å². The van der Waals surface area contributed by atoms with E-state index < -0.39 is 10.0 Å². The predicted octanol–water partition coefficient (Wildman–Crippen LogP) is 5.92. The van der Waals surface area contributed by atoms with E-state index in [2.05, 4.69) is 9.71 Å². The minimum Gasteiger partial charge on any atom is -0.280 e. The van der Waals surface area contributed by atoms with Crippen molar-refractivity contribution in [2.45, 2.75) is 4.90 Å². The van der Waals surface area contributed by atoms with Crippen LogP contribution < -0.4 is 4.72 Å². The number of thiazole rings is 1. The van der Waals surface area contributed by atoms with Crippen LogP contribution in [0.4, 0.5) is 5.69 Å². The van der Waals surface area contributed by atoms with E-state index in [9.17, 15) is 8.42 Å². The molecule has 28 heavy (non-hydrogen) atoms. The summed E-state index contributed by atoms with van der Waals surface area (Å²) < 4.78 is 28.6. The molecule has 0 aliphatic carbocycles. The van der Waals surface area contributed by atoms with Crippen LogP contribution in [0.15, 0.2) is 77.7 Å². The zero-order valence-corrected chi connectivity index (χ0v) is 16.9. The fourth-order valence-electron chi connectivity index (χ4n) is 2.62. The molecule has 4 aromatic rings. The van der Waals surface area contributed by atoms with Crippen molar-refractivity contribution < 1.29 is 8.42 Å². The fraction of sp³-hybridized carbons (Fsp3) is 0. The summed E-state index contributed by atoms with van der Waals surface area (Å²) in [5, 5.41) is 1.41. The molecule has 7 heteroatoms. The Morgan fingerprint density at radius 3 is 2.32 bits per heavy atom. The van der Waals surface area contributed by atoms with Crippen molar-refractivity contribution in [3.05, 3.63) is 88.4 Å². The maximum Gasteiger partial charge on any atom is 0.261 e. The first-order chi connectivity index (χ1) is 13.5. The highest BCUT2D eigenvalue weighted by molar-refractivity contribution is 7.92. The summed E-state index contributed by atoms with van der Waals surface area (Å²) in [7, 11) is -3.65. The molecule has 0 bridgehead atoms. The summed E-state index contributed by atoms with van der Waals surface area (Å²) in [6.07, 6.45) is 3.91. The zero-order chi connectivity index (χ0) is 19.6. The first kappa shape index (κ1) is 18.7. The monoisotopic (exact) mass is 426 g/mol. The number of fused-ring (bicyclic) bond motifs is 1. The second kappa shape index (κ2) is 7.75. The molecule has 4 nitrogen and oxygen atoms in total. The van der Waals surface area contributed by atoms with Crippen LogP contribution >= 0.6 is 22.9 Å². The predicted molar refractivity (Wildman–Crippen MR) is 117 cm³/mol. The third kappa shape index (κ3) is 4.25. The maximum absolute atomic E-state index is 12.4. The summed E-state index contributed by atoms with van der Waals surface area (Å²) >= 11 is 7.44. The van der Waals surface area contributed by atoms with Crippen molar-refractivity contribution in [1.29, 1.82) is 0 Å². The smallest absolute Gasteiger partial charge is 0.261 e. The summed E-state index contributed by atoms with van der Waals surface area (Å²) in [6, 6.07) is 21.2. The number of hydrogen-bond acceptors (Lipinski definition) is 4. The van der Waals surface area contributed by atoms with Crippen molar-refractivity contribution >= 4 is 61.0 Å². The Labute approximate surface area is 172 Å². The summed E-state index contributed by atoms with van der Waals surface area (Å²) in [4.78, 5) is 4.73. The Balaban J connectivity index is 1.48. The molecule has 0 saturated heterocycles. The Morgan fingerprint density at radius 2 is 1.61 bits per heavy atom. The van der Waals surface area contributed by atoms with Crippen LogP contribution in [-0.4, -0.2) is 13.4 Å². The van der Waals surface area contributed by atoms with Gasteiger partial charge in [-0.3, -0.25) is 4.72 Å². The lowest BCUT2D eigenvalue weighted by atomic mass is 10.2. The normalized spacial score (nSPS) is 11.9. The molecule has 3 aromatic carbocycles. The van der Waals surface area contributed by atoms with Crippen molar-refractivity contribution in [3.63, 3.8) is 0 Å². The number of halogens is 1. The highest BCUT2D eigenvalue weighted by Crippen LogP contribution is 2.24. The average Bonchev–Trinajstić information content (AvgIpc) is 3.10. The van der Waals surface area contributed by atoms with Gasteiger partial charge in [-0.05, 0) is 60.2 Å². The number of para-hydroxylation sites is 1. The van der Waals surface area contributed by atoms with Gasteiger partial charge in [0, 0.05) is 10.7 Å². The average molecular weight is 427 g/mol. The lowest BCUT2D eigenvalue weighted by Gasteiger charge is -2.08.